The van der Waals surface area contributed by atoms with Crippen molar-refractivity contribution in [2.75, 3.05) is 51.3 Å². The van der Waals surface area contributed by atoms with E-state index in [1.165, 1.54) is 17.2 Å². The van der Waals surface area contributed by atoms with Crippen LogP contribution in [-0.2, 0) is 11.3 Å². The number of hydrogen-bond acceptors (Lipinski definition) is 9. The van der Waals surface area contributed by atoms with Crippen molar-refractivity contribution in [1.29, 1.82) is 5.26 Å². The molecule has 4 aliphatic heterocycles. The van der Waals surface area contributed by atoms with Crippen LogP contribution in [0.15, 0.2) is 60.6 Å². The van der Waals surface area contributed by atoms with Crippen molar-refractivity contribution >= 4 is 40.1 Å². The zero-order valence-electron chi connectivity index (χ0n) is 30.7. The highest BCUT2D eigenvalue weighted by Crippen LogP contribution is 2.44. The normalized spacial score (nSPS) is 22.6. The van der Waals surface area contributed by atoms with Crippen LogP contribution in [0, 0.1) is 29.5 Å². The first kappa shape index (κ1) is 37.0. The third-order valence-corrected chi connectivity index (χ3v) is 11.3. The van der Waals surface area contributed by atoms with Crippen molar-refractivity contribution in [2.45, 2.75) is 50.0 Å². The van der Waals surface area contributed by atoms with Gasteiger partial charge in [-0.2, -0.15) is 15.2 Å². The number of piperazine rings is 1. The van der Waals surface area contributed by atoms with E-state index in [2.05, 4.69) is 26.9 Å². The molecule has 0 radical (unpaired) electrons. The third kappa shape index (κ3) is 6.58. The number of benzene rings is 2. The number of hydrogen-bond donors (Lipinski definition) is 0. The number of ether oxygens (including phenoxy) is 1. The standard InChI is InChI=1S/C42H38F4N8O2/c1-3-30-33(44)12-11-26-8-6-10-31(35(26)30)38-36(46)37-32(24-51(38)2)39(50-41(49-37)56-25-42-14-7-17-53(42)22-27(43)21-42)52-18-19-54(29(23-52)13-15-47)40(55)34(45)20-28-9-4-5-16-48-28/h1,4-6,8-12,16,20,27,29H,7,13-14,17-19,21-25H2,2H3/b34-20-/t27?,29?,42-/m0/s1. The van der Waals surface area contributed by atoms with Crippen LogP contribution in [0.25, 0.3) is 28.4 Å². The van der Waals surface area contributed by atoms with Crippen molar-refractivity contribution in [3.8, 4) is 24.4 Å². The van der Waals surface area contributed by atoms with E-state index in [0.29, 0.717) is 40.7 Å². The van der Waals surface area contributed by atoms with E-state index >= 15 is 13.2 Å². The molecule has 0 spiro atoms. The second-order valence-electron chi connectivity index (χ2n) is 14.7. The van der Waals surface area contributed by atoms with Crippen LogP contribution in [0.5, 0.6) is 6.01 Å². The second-order valence-corrected chi connectivity index (χ2v) is 14.7. The number of rotatable bonds is 8. The number of nitriles is 1. The van der Waals surface area contributed by atoms with Crippen molar-refractivity contribution < 1.29 is 27.1 Å². The van der Waals surface area contributed by atoms with Gasteiger partial charge in [-0.05, 0) is 43.0 Å². The Morgan fingerprint density at radius 3 is 2.75 bits per heavy atom. The number of anilines is 1. The average molecular weight is 763 g/mol. The highest BCUT2D eigenvalue weighted by atomic mass is 19.1. The van der Waals surface area contributed by atoms with E-state index < -0.39 is 41.1 Å². The van der Waals surface area contributed by atoms with Gasteiger partial charge in [0, 0.05) is 75.0 Å². The van der Waals surface area contributed by atoms with Crippen LogP contribution in [-0.4, -0.2) is 99.7 Å². The molecule has 286 valence electrons. The molecule has 0 bridgehead atoms. The molecule has 4 aromatic rings. The molecule has 3 saturated heterocycles. The number of carbonyl (C=O) groups is 1. The Balaban J connectivity index is 1.20. The quantitative estimate of drug-likeness (QED) is 0.117. The fourth-order valence-electron chi connectivity index (χ4n) is 8.75. The van der Waals surface area contributed by atoms with Gasteiger partial charge in [-0.25, -0.2) is 17.6 Å². The molecule has 56 heavy (non-hydrogen) atoms. The van der Waals surface area contributed by atoms with Gasteiger partial charge in [-0.3, -0.25) is 14.7 Å². The Morgan fingerprint density at radius 2 is 1.96 bits per heavy atom. The molecular weight excluding hydrogens is 725 g/mol. The second kappa shape index (κ2) is 14.9. The first-order chi connectivity index (χ1) is 27.1. The molecule has 0 saturated carbocycles. The van der Waals surface area contributed by atoms with E-state index in [9.17, 15) is 14.4 Å². The lowest BCUT2D eigenvalue weighted by Gasteiger charge is -2.42. The van der Waals surface area contributed by atoms with E-state index in [4.69, 9.17) is 16.1 Å². The minimum Gasteiger partial charge on any atom is -0.461 e. The number of alkyl halides is 1. The Bertz CT molecular complexity index is 2360. The van der Waals surface area contributed by atoms with Crippen LogP contribution in [0.4, 0.5) is 23.4 Å². The van der Waals surface area contributed by atoms with Crippen LogP contribution in [0.2, 0.25) is 0 Å². The number of aromatic nitrogens is 3. The van der Waals surface area contributed by atoms with E-state index in [1.807, 2.05) is 4.90 Å². The van der Waals surface area contributed by atoms with Crippen molar-refractivity contribution in [2.24, 2.45) is 0 Å². The fraction of sp³-hybridized carbons (Fsp3) is 0.357. The molecule has 10 nitrogen and oxygen atoms in total. The summed E-state index contributed by atoms with van der Waals surface area (Å²) in [5.41, 5.74) is 0.660. The summed E-state index contributed by atoms with van der Waals surface area (Å²) in [4.78, 5) is 33.9. The maximum Gasteiger partial charge on any atom is 0.319 e. The van der Waals surface area contributed by atoms with Gasteiger partial charge in [0.25, 0.3) is 5.91 Å². The van der Waals surface area contributed by atoms with Crippen molar-refractivity contribution in [3.63, 3.8) is 0 Å². The molecule has 14 heteroatoms. The van der Waals surface area contributed by atoms with Gasteiger partial charge in [-0.15, -0.1) is 6.42 Å². The summed E-state index contributed by atoms with van der Waals surface area (Å²) in [5.74, 6) is -0.439. The number of carbonyl (C=O) groups excluding carboxylic acids is 1. The largest absolute Gasteiger partial charge is 0.461 e. The van der Waals surface area contributed by atoms with Crippen molar-refractivity contribution in [3.05, 3.63) is 94.5 Å². The molecule has 4 aliphatic rings. The summed E-state index contributed by atoms with van der Waals surface area (Å²) in [6, 6.07) is 14.3. The van der Waals surface area contributed by atoms with E-state index in [0.717, 1.165) is 25.5 Å². The molecule has 3 fully saturated rings. The lowest BCUT2D eigenvalue weighted by molar-refractivity contribution is -0.131. The molecule has 1 amide bonds. The Morgan fingerprint density at radius 1 is 1.11 bits per heavy atom. The van der Waals surface area contributed by atoms with E-state index in [-0.39, 0.29) is 67.9 Å². The first-order valence-electron chi connectivity index (χ1n) is 18.5. The summed E-state index contributed by atoms with van der Waals surface area (Å²) in [6.45, 7) is 1.57. The average Bonchev–Trinajstić information content (AvgIpc) is 3.73. The molecular formula is C42H38F4N8O2. The van der Waals surface area contributed by atoms with Crippen LogP contribution in [0.3, 0.4) is 0 Å². The Hall–Kier alpha value is -5.99. The molecule has 2 aromatic carbocycles. The highest BCUT2D eigenvalue weighted by molar-refractivity contribution is 6.02. The SMILES string of the molecule is C#Cc1c(F)ccc2cccc(C3=C(F)c4nc(OC[C@@]56CCCN5CC(F)C6)nc(N5CCN(C(=O)/C(F)=C/c6ccccn6)C(CC#N)C5)c4CN3C)c12. The van der Waals surface area contributed by atoms with Gasteiger partial charge in [0.1, 0.15) is 30.1 Å². The molecule has 0 N–H and O–H groups in total. The van der Waals surface area contributed by atoms with Gasteiger partial charge in [0.15, 0.2) is 11.7 Å². The smallest absolute Gasteiger partial charge is 0.319 e. The topological polar surface area (TPSA) is 102 Å². The third-order valence-electron chi connectivity index (χ3n) is 11.3. The number of terminal acetylenes is 1. The van der Waals surface area contributed by atoms with Gasteiger partial charge < -0.3 is 19.4 Å². The highest BCUT2D eigenvalue weighted by Gasteiger charge is 2.49. The number of nitrogens with zero attached hydrogens (tertiary/aromatic N) is 8. The monoisotopic (exact) mass is 762 g/mol. The maximum absolute atomic E-state index is 17.3. The maximum atomic E-state index is 17.3. The minimum absolute atomic E-state index is 0.00960. The number of halogens is 4. The number of fused-ring (bicyclic) bond motifs is 3. The summed E-state index contributed by atoms with van der Waals surface area (Å²) in [7, 11) is 1.70. The Labute approximate surface area is 321 Å². The van der Waals surface area contributed by atoms with Gasteiger partial charge in [0.05, 0.1) is 41.0 Å². The number of pyridine rings is 1. The zero-order chi connectivity index (χ0) is 39.1. The number of amides is 1. The summed E-state index contributed by atoms with van der Waals surface area (Å²) >= 11 is 0. The summed E-state index contributed by atoms with van der Waals surface area (Å²) in [6.07, 6.45) is 9.16. The molecule has 3 atom stereocenters. The van der Waals surface area contributed by atoms with Crippen LogP contribution in [0.1, 0.15) is 53.8 Å². The predicted molar refractivity (Wildman–Crippen MR) is 203 cm³/mol. The fourth-order valence-corrected chi connectivity index (χ4v) is 8.75. The molecule has 6 heterocycles. The summed E-state index contributed by atoms with van der Waals surface area (Å²) < 4.78 is 68.6. The van der Waals surface area contributed by atoms with Crippen LogP contribution < -0.4 is 9.64 Å². The van der Waals surface area contributed by atoms with Crippen molar-refractivity contribution in [1.82, 2.24) is 29.7 Å². The van der Waals surface area contributed by atoms with Crippen LogP contribution >= 0.6 is 0 Å². The minimum atomic E-state index is -1.01. The predicted octanol–water partition coefficient (Wildman–Crippen LogP) is 6.28. The molecule has 0 aliphatic carbocycles. The zero-order valence-corrected chi connectivity index (χ0v) is 30.7. The van der Waals surface area contributed by atoms with E-state index in [1.54, 1.807) is 54.4 Å². The summed E-state index contributed by atoms with van der Waals surface area (Å²) in [5, 5.41) is 10.8. The molecule has 8 rings (SSSR count). The first-order valence-corrected chi connectivity index (χ1v) is 18.5. The lowest BCUT2D eigenvalue weighted by Crippen LogP contribution is -2.55. The van der Waals surface area contributed by atoms with Gasteiger partial charge in [0.2, 0.25) is 0 Å². The molecule has 2 aromatic heterocycles. The van der Waals surface area contributed by atoms with Gasteiger partial charge >= 0.3 is 6.01 Å². The lowest BCUT2D eigenvalue weighted by atomic mass is 9.93. The van der Waals surface area contributed by atoms with Gasteiger partial charge in [-0.1, -0.05) is 36.3 Å². The Kier molecular flexibility index (Phi) is 9.85. The molecule has 2 unspecified atom stereocenters.